The van der Waals surface area contributed by atoms with E-state index in [4.69, 9.17) is 4.74 Å². The largest absolute Gasteiger partial charge is 0.379 e. The summed E-state index contributed by atoms with van der Waals surface area (Å²) in [5.41, 5.74) is 5.36. The molecule has 0 radical (unpaired) electrons. The molecule has 2 aliphatic rings. The second-order valence-corrected chi connectivity index (χ2v) is 9.52. The fourth-order valence-electron chi connectivity index (χ4n) is 4.71. The first-order valence-electron chi connectivity index (χ1n) is 12.3. The van der Waals surface area contributed by atoms with Crippen LogP contribution in [0.15, 0.2) is 48.5 Å². The Hall–Kier alpha value is -2.25. The first kappa shape index (κ1) is 23.9. The molecule has 0 unspecified atom stereocenters. The van der Waals surface area contributed by atoms with Crippen molar-refractivity contribution in [3.63, 3.8) is 0 Å². The molecule has 0 atom stereocenters. The average molecular weight is 451 g/mol. The Morgan fingerprint density at radius 2 is 1.55 bits per heavy atom. The lowest BCUT2D eigenvalue weighted by Crippen LogP contribution is -2.49. The van der Waals surface area contributed by atoms with Crippen molar-refractivity contribution in [2.45, 2.75) is 33.0 Å². The summed E-state index contributed by atoms with van der Waals surface area (Å²) < 4.78 is 5.55. The van der Waals surface area contributed by atoms with Gasteiger partial charge in [-0.25, -0.2) is 0 Å². The summed E-state index contributed by atoms with van der Waals surface area (Å²) in [5, 5.41) is 2.99. The van der Waals surface area contributed by atoms with E-state index in [2.05, 4.69) is 68.5 Å². The Morgan fingerprint density at radius 3 is 2.24 bits per heavy atom. The number of nitrogens with zero attached hydrogens (tertiary/aromatic N) is 3. The number of ether oxygens (including phenoxy) is 1. The van der Waals surface area contributed by atoms with Crippen LogP contribution in [0.5, 0.6) is 0 Å². The SMILES string of the molecule is CC(C)NC(=O)CN1CCN(Cc2ccc(-c3ccccc3)c(CN3CCOCC3)c2)CC1. The molecule has 6 nitrogen and oxygen atoms in total. The van der Waals surface area contributed by atoms with E-state index >= 15 is 0 Å². The van der Waals surface area contributed by atoms with Crippen LogP contribution in [-0.4, -0.2) is 85.7 Å². The number of rotatable bonds is 8. The summed E-state index contributed by atoms with van der Waals surface area (Å²) in [6.07, 6.45) is 0. The fraction of sp³-hybridized carbons (Fsp3) is 0.519. The van der Waals surface area contributed by atoms with Gasteiger partial charge in [0.15, 0.2) is 0 Å². The average Bonchev–Trinajstić information content (AvgIpc) is 2.81. The van der Waals surface area contributed by atoms with Gasteiger partial charge < -0.3 is 10.1 Å². The van der Waals surface area contributed by atoms with Crippen molar-refractivity contribution in [3.8, 4) is 11.1 Å². The molecule has 178 valence electrons. The minimum absolute atomic E-state index is 0.128. The van der Waals surface area contributed by atoms with Crippen LogP contribution >= 0.6 is 0 Å². The van der Waals surface area contributed by atoms with Crippen molar-refractivity contribution >= 4 is 5.91 Å². The molecule has 6 heteroatoms. The van der Waals surface area contributed by atoms with Crippen LogP contribution < -0.4 is 5.32 Å². The summed E-state index contributed by atoms with van der Waals surface area (Å²) in [4.78, 5) is 19.3. The maximum Gasteiger partial charge on any atom is 0.234 e. The number of piperazine rings is 1. The van der Waals surface area contributed by atoms with E-state index in [1.54, 1.807) is 0 Å². The predicted molar refractivity (Wildman–Crippen MR) is 133 cm³/mol. The first-order chi connectivity index (χ1) is 16.1. The summed E-state index contributed by atoms with van der Waals surface area (Å²) >= 11 is 0. The lowest BCUT2D eigenvalue weighted by molar-refractivity contribution is -0.123. The van der Waals surface area contributed by atoms with E-state index in [1.807, 2.05) is 13.8 Å². The number of carbonyl (C=O) groups is 1. The lowest BCUT2D eigenvalue weighted by Gasteiger charge is -2.34. The number of morpholine rings is 1. The number of benzene rings is 2. The van der Waals surface area contributed by atoms with Gasteiger partial charge in [0.25, 0.3) is 0 Å². The van der Waals surface area contributed by atoms with Crippen molar-refractivity contribution < 1.29 is 9.53 Å². The third-order valence-corrected chi connectivity index (χ3v) is 6.44. The molecule has 0 spiro atoms. The van der Waals surface area contributed by atoms with Crippen LogP contribution in [0.2, 0.25) is 0 Å². The van der Waals surface area contributed by atoms with Gasteiger partial charge in [-0.05, 0) is 36.1 Å². The highest BCUT2D eigenvalue weighted by molar-refractivity contribution is 5.78. The molecular weight excluding hydrogens is 412 g/mol. The maximum atomic E-state index is 12.1. The molecule has 0 aromatic heterocycles. The fourth-order valence-corrected chi connectivity index (χ4v) is 4.71. The second kappa shape index (κ2) is 11.7. The molecule has 2 fully saturated rings. The van der Waals surface area contributed by atoms with E-state index in [1.165, 1.54) is 22.3 Å². The zero-order valence-electron chi connectivity index (χ0n) is 20.1. The number of hydrogen-bond donors (Lipinski definition) is 1. The highest BCUT2D eigenvalue weighted by Gasteiger charge is 2.20. The van der Waals surface area contributed by atoms with Gasteiger partial charge >= 0.3 is 0 Å². The van der Waals surface area contributed by atoms with Crippen molar-refractivity contribution in [3.05, 3.63) is 59.7 Å². The van der Waals surface area contributed by atoms with Crippen LogP contribution in [0.3, 0.4) is 0 Å². The molecule has 2 aromatic rings. The van der Waals surface area contributed by atoms with Crippen LogP contribution in [-0.2, 0) is 22.6 Å². The Labute approximate surface area is 198 Å². The summed E-state index contributed by atoms with van der Waals surface area (Å²) in [7, 11) is 0. The van der Waals surface area contributed by atoms with E-state index in [9.17, 15) is 4.79 Å². The quantitative estimate of drug-likeness (QED) is 0.670. The molecule has 1 amide bonds. The first-order valence-corrected chi connectivity index (χ1v) is 12.3. The van der Waals surface area contributed by atoms with Crippen molar-refractivity contribution in [2.24, 2.45) is 0 Å². The second-order valence-electron chi connectivity index (χ2n) is 9.52. The van der Waals surface area contributed by atoms with Crippen molar-refractivity contribution in [1.82, 2.24) is 20.0 Å². The lowest BCUT2D eigenvalue weighted by atomic mass is 9.96. The number of carbonyl (C=O) groups excluding carboxylic acids is 1. The van der Waals surface area contributed by atoms with E-state index < -0.39 is 0 Å². The van der Waals surface area contributed by atoms with E-state index in [0.717, 1.165) is 65.6 Å². The highest BCUT2D eigenvalue weighted by atomic mass is 16.5. The minimum atomic E-state index is 0.128. The summed E-state index contributed by atoms with van der Waals surface area (Å²) in [5.74, 6) is 0.128. The summed E-state index contributed by atoms with van der Waals surface area (Å²) in [6.45, 7) is 13.9. The highest BCUT2D eigenvalue weighted by Crippen LogP contribution is 2.27. The van der Waals surface area contributed by atoms with Gasteiger partial charge in [0.2, 0.25) is 5.91 Å². The Morgan fingerprint density at radius 1 is 0.879 bits per heavy atom. The van der Waals surface area contributed by atoms with Gasteiger partial charge in [-0.3, -0.25) is 19.5 Å². The number of amides is 1. The molecule has 2 heterocycles. The molecule has 2 aromatic carbocycles. The van der Waals surface area contributed by atoms with Gasteiger partial charge in [-0.2, -0.15) is 0 Å². The van der Waals surface area contributed by atoms with Crippen LogP contribution in [0.1, 0.15) is 25.0 Å². The predicted octanol–water partition coefficient (Wildman–Crippen LogP) is 2.83. The topological polar surface area (TPSA) is 48.1 Å². The van der Waals surface area contributed by atoms with Crippen LogP contribution in [0.25, 0.3) is 11.1 Å². The zero-order chi connectivity index (χ0) is 23.0. The third-order valence-electron chi connectivity index (χ3n) is 6.44. The Bertz CT molecular complexity index is 888. The molecule has 33 heavy (non-hydrogen) atoms. The molecule has 0 aliphatic carbocycles. The number of hydrogen-bond acceptors (Lipinski definition) is 5. The Balaban J connectivity index is 1.40. The molecule has 2 saturated heterocycles. The summed E-state index contributed by atoms with van der Waals surface area (Å²) in [6, 6.07) is 17.9. The van der Waals surface area contributed by atoms with Crippen molar-refractivity contribution in [2.75, 3.05) is 59.0 Å². The molecule has 0 saturated carbocycles. The zero-order valence-corrected chi connectivity index (χ0v) is 20.1. The van der Waals surface area contributed by atoms with E-state index in [-0.39, 0.29) is 11.9 Å². The van der Waals surface area contributed by atoms with Gasteiger partial charge in [0.05, 0.1) is 19.8 Å². The molecule has 2 aliphatic heterocycles. The standard InChI is InChI=1S/C27H38N4O2/c1-22(2)28-27(32)21-30-12-10-29(11-13-30)19-23-8-9-26(24-6-4-3-5-7-24)25(18-23)20-31-14-16-33-17-15-31/h3-9,18,22H,10-17,19-21H2,1-2H3,(H,28,32). The molecule has 4 rings (SSSR count). The monoisotopic (exact) mass is 450 g/mol. The van der Waals surface area contributed by atoms with Gasteiger partial charge in [-0.1, -0.05) is 48.5 Å². The number of nitrogens with one attached hydrogen (secondary N) is 1. The van der Waals surface area contributed by atoms with Gasteiger partial charge in [0, 0.05) is 58.4 Å². The van der Waals surface area contributed by atoms with Crippen LogP contribution in [0.4, 0.5) is 0 Å². The minimum Gasteiger partial charge on any atom is -0.379 e. The Kier molecular flexibility index (Phi) is 8.51. The molecule has 1 N–H and O–H groups in total. The maximum absolute atomic E-state index is 12.1. The normalized spacial score (nSPS) is 18.5. The molecule has 0 bridgehead atoms. The van der Waals surface area contributed by atoms with E-state index in [0.29, 0.717) is 6.54 Å². The smallest absolute Gasteiger partial charge is 0.234 e. The van der Waals surface area contributed by atoms with Crippen molar-refractivity contribution in [1.29, 1.82) is 0 Å². The van der Waals surface area contributed by atoms with Crippen LogP contribution in [0, 0.1) is 0 Å². The molecular formula is C27H38N4O2. The van der Waals surface area contributed by atoms with Gasteiger partial charge in [-0.15, -0.1) is 0 Å². The van der Waals surface area contributed by atoms with Gasteiger partial charge in [0.1, 0.15) is 0 Å². The third kappa shape index (κ3) is 7.11.